The van der Waals surface area contributed by atoms with Gasteiger partial charge in [-0.15, -0.1) is 11.8 Å². The third-order valence-corrected chi connectivity index (χ3v) is 4.33. The van der Waals surface area contributed by atoms with Crippen LogP contribution in [0.15, 0.2) is 29.2 Å². The van der Waals surface area contributed by atoms with Crippen LogP contribution in [0.3, 0.4) is 0 Å². The first-order valence-electron chi connectivity index (χ1n) is 6.38. The number of rotatable bonds is 5. The fourth-order valence-corrected chi connectivity index (χ4v) is 3.10. The van der Waals surface area contributed by atoms with Crippen molar-refractivity contribution in [3.05, 3.63) is 29.8 Å². The molecule has 1 fully saturated rings. The number of benzene rings is 1. The van der Waals surface area contributed by atoms with Gasteiger partial charge in [0.25, 0.3) is 0 Å². The lowest BCUT2D eigenvalue weighted by Gasteiger charge is -2.41. The number of hydrogen-bond acceptors (Lipinski definition) is 3. The molecular weight excluding hydrogens is 242 g/mol. The molecule has 96 valence electrons. The van der Waals surface area contributed by atoms with E-state index >= 15 is 0 Å². The van der Waals surface area contributed by atoms with E-state index in [0.29, 0.717) is 11.7 Å². The number of thioether (sulfide) groups is 1. The summed E-state index contributed by atoms with van der Waals surface area (Å²) in [6.07, 6.45) is 1.51. The van der Waals surface area contributed by atoms with Crippen molar-refractivity contribution in [2.24, 2.45) is 0 Å². The first-order valence-corrected chi connectivity index (χ1v) is 7.26. The Morgan fingerprint density at radius 1 is 1.33 bits per heavy atom. The van der Waals surface area contributed by atoms with Crippen LogP contribution in [0.2, 0.25) is 0 Å². The number of nitrogens with zero attached hydrogens (tertiary/aromatic N) is 1. The molecule has 0 aliphatic carbocycles. The summed E-state index contributed by atoms with van der Waals surface area (Å²) < 4.78 is 5.37. The van der Waals surface area contributed by atoms with E-state index in [2.05, 4.69) is 44.2 Å². The first-order chi connectivity index (χ1) is 8.66. The number of hydrogen-bond donors (Lipinski definition) is 0. The molecule has 1 aromatic carbocycles. The van der Waals surface area contributed by atoms with Gasteiger partial charge in [-0.3, -0.25) is 0 Å². The molecule has 1 saturated heterocycles. The smallest absolute Gasteiger partial charge is 0.0622 e. The van der Waals surface area contributed by atoms with Gasteiger partial charge in [-0.1, -0.05) is 26.0 Å². The Balaban J connectivity index is 2.10. The van der Waals surface area contributed by atoms with Crippen LogP contribution < -0.4 is 0 Å². The highest BCUT2D eigenvalue weighted by Gasteiger charge is 2.39. The van der Waals surface area contributed by atoms with Crippen LogP contribution in [-0.4, -0.2) is 18.5 Å². The average Bonchev–Trinajstić information content (AvgIpc) is 2.29. The molecule has 1 aliphatic heterocycles. The van der Waals surface area contributed by atoms with E-state index in [4.69, 9.17) is 10.00 Å². The second kappa shape index (κ2) is 5.77. The van der Waals surface area contributed by atoms with Crippen molar-refractivity contribution in [3.8, 4) is 6.07 Å². The molecule has 0 saturated carbocycles. The Hall–Kier alpha value is -0.980. The molecule has 0 atom stereocenters. The molecule has 1 aliphatic rings. The lowest BCUT2D eigenvalue weighted by molar-refractivity contribution is -0.0637. The van der Waals surface area contributed by atoms with Gasteiger partial charge in [0, 0.05) is 22.0 Å². The molecule has 0 amide bonds. The summed E-state index contributed by atoms with van der Waals surface area (Å²) in [4.78, 5) is 1.31. The Bertz CT molecular complexity index is 429. The number of nitriles is 1. The maximum atomic E-state index is 8.75. The van der Waals surface area contributed by atoms with Gasteiger partial charge in [0.05, 0.1) is 19.3 Å². The summed E-state index contributed by atoms with van der Waals surface area (Å²) in [6.45, 7) is 5.91. The Morgan fingerprint density at radius 2 is 2.00 bits per heavy atom. The molecular formula is C15H19NOS. The highest BCUT2D eigenvalue weighted by Crippen LogP contribution is 2.37. The van der Waals surface area contributed by atoms with E-state index in [0.717, 1.165) is 19.6 Å². The van der Waals surface area contributed by atoms with Crippen molar-refractivity contribution in [3.63, 3.8) is 0 Å². The molecule has 0 N–H and O–H groups in total. The Kier molecular flexibility index (Phi) is 4.31. The largest absolute Gasteiger partial charge is 0.379 e. The molecule has 0 aromatic heterocycles. The topological polar surface area (TPSA) is 33.0 Å². The third kappa shape index (κ3) is 2.88. The van der Waals surface area contributed by atoms with Crippen molar-refractivity contribution in [1.82, 2.24) is 0 Å². The van der Waals surface area contributed by atoms with Gasteiger partial charge in [-0.25, -0.2) is 0 Å². The molecule has 1 heterocycles. The highest BCUT2D eigenvalue weighted by molar-refractivity contribution is 7.99. The molecule has 18 heavy (non-hydrogen) atoms. The van der Waals surface area contributed by atoms with E-state index < -0.39 is 0 Å². The quantitative estimate of drug-likeness (QED) is 0.757. The zero-order valence-electron chi connectivity index (χ0n) is 11.0. The van der Waals surface area contributed by atoms with Gasteiger partial charge in [-0.05, 0) is 24.1 Å². The lowest BCUT2D eigenvalue weighted by Crippen LogP contribution is -2.46. The van der Waals surface area contributed by atoms with Crippen molar-refractivity contribution < 1.29 is 4.74 Å². The monoisotopic (exact) mass is 261 g/mol. The van der Waals surface area contributed by atoms with Crippen molar-refractivity contribution in [1.29, 1.82) is 5.26 Å². The van der Waals surface area contributed by atoms with E-state index in [1.807, 2.05) is 11.8 Å². The second-order valence-electron chi connectivity index (χ2n) is 5.12. The summed E-state index contributed by atoms with van der Waals surface area (Å²) in [6, 6.07) is 11.0. The van der Waals surface area contributed by atoms with E-state index in [1.165, 1.54) is 10.5 Å². The van der Waals surface area contributed by atoms with Gasteiger partial charge in [0.15, 0.2) is 0 Å². The molecule has 0 radical (unpaired) electrons. The van der Waals surface area contributed by atoms with Gasteiger partial charge in [0.2, 0.25) is 0 Å². The van der Waals surface area contributed by atoms with Gasteiger partial charge in [-0.2, -0.15) is 5.26 Å². The summed E-state index contributed by atoms with van der Waals surface area (Å²) in [5, 5.41) is 9.35. The van der Waals surface area contributed by atoms with Gasteiger partial charge in [0.1, 0.15) is 0 Å². The SMILES string of the molecule is CC(C)Sc1ccc(C2(CCC#N)COC2)cc1. The van der Waals surface area contributed by atoms with Crippen LogP contribution in [-0.2, 0) is 10.2 Å². The number of ether oxygens (including phenoxy) is 1. The maximum Gasteiger partial charge on any atom is 0.0622 e. The normalized spacial score (nSPS) is 17.2. The van der Waals surface area contributed by atoms with Crippen LogP contribution in [0.1, 0.15) is 32.3 Å². The Labute approximate surface area is 113 Å². The van der Waals surface area contributed by atoms with Crippen molar-refractivity contribution in [2.75, 3.05) is 13.2 Å². The zero-order chi connectivity index (χ0) is 13.0. The third-order valence-electron chi connectivity index (χ3n) is 3.31. The molecule has 2 rings (SSSR count). The summed E-state index contributed by atoms with van der Waals surface area (Å²) >= 11 is 1.88. The molecule has 2 nitrogen and oxygen atoms in total. The summed E-state index contributed by atoms with van der Waals surface area (Å²) in [5.74, 6) is 0. The molecule has 1 aromatic rings. The minimum atomic E-state index is 0.0940. The summed E-state index contributed by atoms with van der Waals surface area (Å²) in [5.41, 5.74) is 1.41. The predicted molar refractivity (Wildman–Crippen MR) is 74.8 cm³/mol. The highest BCUT2D eigenvalue weighted by atomic mass is 32.2. The van der Waals surface area contributed by atoms with Crippen LogP contribution in [0.5, 0.6) is 0 Å². The van der Waals surface area contributed by atoms with Crippen LogP contribution >= 0.6 is 11.8 Å². The lowest BCUT2D eigenvalue weighted by atomic mass is 9.75. The fourth-order valence-electron chi connectivity index (χ4n) is 2.26. The van der Waals surface area contributed by atoms with Crippen molar-refractivity contribution >= 4 is 11.8 Å². The summed E-state index contributed by atoms with van der Waals surface area (Å²) in [7, 11) is 0. The van der Waals surface area contributed by atoms with Gasteiger partial charge < -0.3 is 4.74 Å². The molecule has 0 bridgehead atoms. The standard InChI is InChI=1S/C15H19NOS/c1-12(2)18-14-6-4-13(5-7-14)15(8-3-9-16)10-17-11-15/h4-7,12H,3,8,10-11H2,1-2H3. The minimum Gasteiger partial charge on any atom is -0.379 e. The van der Waals surface area contributed by atoms with Gasteiger partial charge >= 0.3 is 0 Å². The van der Waals surface area contributed by atoms with Crippen LogP contribution in [0, 0.1) is 11.3 Å². The second-order valence-corrected chi connectivity index (χ2v) is 6.77. The fraction of sp³-hybridized carbons (Fsp3) is 0.533. The van der Waals surface area contributed by atoms with Crippen molar-refractivity contribution in [2.45, 2.75) is 42.2 Å². The van der Waals surface area contributed by atoms with E-state index in [9.17, 15) is 0 Å². The zero-order valence-corrected chi connectivity index (χ0v) is 11.8. The molecule has 0 spiro atoms. The van der Waals surface area contributed by atoms with E-state index in [1.54, 1.807) is 0 Å². The van der Waals surface area contributed by atoms with Crippen LogP contribution in [0.25, 0.3) is 0 Å². The maximum absolute atomic E-state index is 8.75. The average molecular weight is 261 g/mol. The Morgan fingerprint density at radius 3 is 2.44 bits per heavy atom. The molecule has 0 unspecified atom stereocenters. The minimum absolute atomic E-state index is 0.0940. The first kappa shape index (κ1) is 13.5. The van der Waals surface area contributed by atoms with Crippen LogP contribution in [0.4, 0.5) is 0 Å². The predicted octanol–water partition coefficient (Wildman–Crippen LogP) is 3.76. The van der Waals surface area contributed by atoms with E-state index in [-0.39, 0.29) is 5.41 Å². The molecule has 3 heteroatoms.